The Kier molecular flexibility index (Phi) is 3.02. The lowest BCUT2D eigenvalue weighted by atomic mass is 10.3. The predicted octanol–water partition coefficient (Wildman–Crippen LogP) is 0.998. The number of hydrogen-bond donors (Lipinski definition) is 1. The van der Waals surface area contributed by atoms with Gasteiger partial charge in [0.05, 0.1) is 18.1 Å². The molecule has 0 radical (unpaired) electrons. The van der Waals surface area contributed by atoms with Gasteiger partial charge >= 0.3 is 0 Å². The molecule has 0 saturated heterocycles. The molecular formula is C13H16N6O. The van der Waals surface area contributed by atoms with Crippen molar-refractivity contribution in [1.82, 2.24) is 24.3 Å². The minimum absolute atomic E-state index is 0.490. The number of aryl methyl sites for hydroxylation is 3. The maximum atomic E-state index is 5.98. The van der Waals surface area contributed by atoms with E-state index in [1.807, 2.05) is 29.8 Å². The Morgan fingerprint density at radius 1 is 1.35 bits per heavy atom. The van der Waals surface area contributed by atoms with E-state index in [-0.39, 0.29) is 0 Å². The number of methoxy groups -OCH3 is 1. The lowest BCUT2D eigenvalue weighted by molar-refractivity contribution is 0.415. The second-order valence-electron chi connectivity index (χ2n) is 4.56. The Balaban J connectivity index is 1.91. The van der Waals surface area contributed by atoms with Gasteiger partial charge in [-0.3, -0.25) is 4.68 Å². The molecule has 0 bridgehead atoms. The van der Waals surface area contributed by atoms with E-state index >= 15 is 0 Å². The van der Waals surface area contributed by atoms with Crippen LogP contribution in [0.4, 0.5) is 5.95 Å². The molecule has 3 aromatic rings. The van der Waals surface area contributed by atoms with E-state index in [0.29, 0.717) is 18.9 Å². The molecule has 0 aliphatic carbocycles. The molecule has 2 heterocycles. The first-order valence-corrected chi connectivity index (χ1v) is 6.31. The average Bonchev–Trinajstić information content (AvgIpc) is 2.98. The van der Waals surface area contributed by atoms with Crippen molar-refractivity contribution >= 4 is 17.0 Å². The van der Waals surface area contributed by atoms with Crippen LogP contribution in [0, 0.1) is 0 Å². The van der Waals surface area contributed by atoms with Crippen molar-refractivity contribution in [2.24, 2.45) is 7.05 Å². The zero-order valence-corrected chi connectivity index (χ0v) is 11.4. The summed E-state index contributed by atoms with van der Waals surface area (Å²) in [5.41, 5.74) is 7.79. The van der Waals surface area contributed by atoms with E-state index < -0.39 is 0 Å². The molecule has 104 valence electrons. The van der Waals surface area contributed by atoms with Gasteiger partial charge in [-0.25, -0.2) is 9.97 Å². The molecule has 0 spiro atoms. The third kappa shape index (κ3) is 2.18. The van der Waals surface area contributed by atoms with E-state index in [2.05, 4.69) is 15.1 Å². The van der Waals surface area contributed by atoms with Gasteiger partial charge in [0.1, 0.15) is 12.1 Å². The van der Waals surface area contributed by atoms with Gasteiger partial charge in [-0.15, -0.1) is 0 Å². The van der Waals surface area contributed by atoms with E-state index in [1.165, 1.54) is 0 Å². The Morgan fingerprint density at radius 3 is 2.90 bits per heavy atom. The number of nitrogens with zero attached hydrogens (tertiary/aromatic N) is 5. The molecule has 3 rings (SSSR count). The highest BCUT2D eigenvalue weighted by atomic mass is 16.5. The molecule has 0 aliphatic rings. The van der Waals surface area contributed by atoms with Crippen LogP contribution in [-0.2, 0) is 20.0 Å². The van der Waals surface area contributed by atoms with Crippen molar-refractivity contribution in [3.05, 3.63) is 30.4 Å². The second-order valence-corrected chi connectivity index (χ2v) is 4.56. The van der Waals surface area contributed by atoms with E-state index in [4.69, 9.17) is 10.5 Å². The summed E-state index contributed by atoms with van der Waals surface area (Å²) >= 11 is 0. The summed E-state index contributed by atoms with van der Waals surface area (Å²) in [6, 6.07) is 5.71. The van der Waals surface area contributed by atoms with Crippen LogP contribution in [0.25, 0.3) is 11.0 Å². The molecule has 0 atom stereocenters. The summed E-state index contributed by atoms with van der Waals surface area (Å²) in [5, 5.41) is 4.26. The number of ether oxygens (including phenoxy) is 1. The summed E-state index contributed by atoms with van der Waals surface area (Å²) in [4.78, 5) is 8.56. The van der Waals surface area contributed by atoms with Crippen LogP contribution in [0.1, 0.15) is 5.82 Å². The molecular weight excluding hydrogens is 256 g/mol. The summed E-state index contributed by atoms with van der Waals surface area (Å²) < 4.78 is 8.88. The van der Waals surface area contributed by atoms with Crippen LogP contribution in [0.3, 0.4) is 0 Å². The summed E-state index contributed by atoms with van der Waals surface area (Å²) in [7, 11) is 3.49. The van der Waals surface area contributed by atoms with E-state index in [0.717, 1.165) is 22.6 Å². The van der Waals surface area contributed by atoms with Gasteiger partial charge in [0, 0.05) is 26.1 Å². The summed E-state index contributed by atoms with van der Waals surface area (Å²) in [6.45, 7) is 0.680. The molecule has 0 unspecified atom stereocenters. The monoisotopic (exact) mass is 272 g/mol. The SMILES string of the molecule is COc1ccc2nc(N)n(CCc3ncn(C)n3)c2c1. The number of anilines is 1. The molecule has 2 aromatic heterocycles. The highest BCUT2D eigenvalue weighted by molar-refractivity contribution is 5.79. The van der Waals surface area contributed by atoms with Crippen LogP contribution in [0.15, 0.2) is 24.5 Å². The van der Waals surface area contributed by atoms with Crippen LogP contribution < -0.4 is 10.5 Å². The summed E-state index contributed by atoms with van der Waals surface area (Å²) in [6.07, 6.45) is 2.39. The first-order valence-electron chi connectivity index (χ1n) is 6.31. The number of imidazole rings is 1. The normalized spacial score (nSPS) is 11.1. The third-order valence-corrected chi connectivity index (χ3v) is 3.19. The van der Waals surface area contributed by atoms with Gasteiger partial charge in [0.25, 0.3) is 0 Å². The zero-order valence-electron chi connectivity index (χ0n) is 11.4. The molecule has 7 nitrogen and oxygen atoms in total. The molecule has 0 aliphatic heterocycles. The molecule has 1 aromatic carbocycles. The Labute approximate surface area is 116 Å². The Bertz CT molecular complexity index is 744. The quantitative estimate of drug-likeness (QED) is 0.766. The minimum atomic E-state index is 0.490. The Hall–Kier alpha value is -2.57. The molecule has 0 fully saturated rings. The molecule has 0 saturated carbocycles. The number of hydrogen-bond acceptors (Lipinski definition) is 5. The fraction of sp³-hybridized carbons (Fsp3) is 0.308. The smallest absolute Gasteiger partial charge is 0.201 e. The van der Waals surface area contributed by atoms with Crippen molar-refractivity contribution in [3.63, 3.8) is 0 Å². The van der Waals surface area contributed by atoms with E-state index in [9.17, 15) is 0 Å². The van der Waals surface area contributed by atoms with Gasteiger partial charge in [-0.2, -0.15) is 5.10 Å². The summed E-state index contributed by atoms with van der Waals surface area (Å²) in [5.74, 6) is 2.07. The number of benzene rings is 1. The number of fused-ring (bicyclic) bond motifs is 1. The first kappa shape index (κ1) is 12.5. The van der Waals surface area contributed by atoms with Crippen LogP contribution >= 0.6 is 0 Å². The maximum Gasteiger partial charge on any atom is 0.201 e. The van der Waals surface area contributed by atoms with Gasteiger partial charge < -0.3 is 15.0 Å². The topological polar surface area (TPSA) is 83.8 Å². The highest BCUT2D eigenvalue weighted by Crippen LogP contribution is 2.23. The van der Waals surface area contributed by atoms with Gasteiger partial charge in [0.2, 0.25) is 5.95 Å². The minimum Gasteiger partial charge on any atom is -0.497 e. The van der Waals surface area contributed by atoms with Crippen LogP contribution in [0.5, 0.6) is 5.75 Å². The van der Waals surface area contributed by atoms with Gasteiger partial charge in [-0.05, 0) is 12.1 Å². The fourth-order valence-corrected chi connectivity index (χ4v) is 2.19. The van der Waals surface area contributed by atoms with Crippen LogP contribution in [0.2, 0.25) is 0 Å². The first-order chi connectivity index (χ1) is 9.67. The number of aromatic nitrogens is 5. The molecule has 2 N–H and O–H groups in total. The van der Waals surface area contributed by atoms with Crippen molar-refractivity contribution < 1.29 is 4.74 Å². The molecule has 7 heteroatoms. The van der Waals surface area contributed by atoms with Crippen molar-refractivity contribution in [3.8, 4) is 5.75 Å². The van der Waals surface area contributed by atoms with Gasteiger partial charge in [-0.1, -0.05) is 0 Å². The highest BCUT2D eigenvalue weighted by Gasteiger charge is 2.10. The van der Waals surface area contributed by atoms with Crippen LogP contribution in [-0.4, -0.2) is 31.4 Å². The maximum absolute atomic E-state index is 5.98. The van der Waals surface area contributed by atoms with Gasteiger partial charge in [0.15, 0.2) is 5.82 Å². The van der Waals surface area contributed by atoms with Crippen molar-refractivity contribution in [1.29, 1.82) is 0 Å². The predicted molar refractivity (Wildman–Crippen MR) is 75.4 cm³/mol. The number of nitrogen functional groups attached to an aromatic ring is 1. The fourth-order valence-electron chi connectivity index (χ4n) is 2.19. The lowest BCUT2D eigenvalue weighted by Crippen LogP contribution is -2.07. The lowest BCUT2D eigenvalue weighted by Gasteiger charge is -2.05. The number of rotatable bonds is 4. The zero-order chi connectivity index (χ0) is 14.1. The van der Waals surface area contributed by atoms with E-state index in [1.54, 1.807) is 18.1 Å². The average molecular weight is 272 g/mol. The third-order valence-electron chi connectivity index (χ3n) is 3.19. The standard InChI is InChI=1S/C13H16N6O/c1-18-8-15-12(17-18)5-6-19-11-7-9(20-2)3-4-10(11)16-13(19)14/h3-4,7-8H,5-6H2,1-2H3,(H2,14,16). The number of nitrogens with two attached hydrogens (primary N) is 1. The Morgan fingerprint density at radius 2 is 2.20 bits per heavy atom. The van der Waals surface area contributed by atoms with Crippen molar-refractivity contribution in [2.75, 3.05) is 12.8 Å². The molecule has 0 amide bonds. The molecule has 20 heavy (non-hydrogen) atoms. The largest absolute Gasteiger partial charge is 0.497 e. The van der Waals surface area contributed by atoms with Crippen molar-refractivity contribution in [2.45, 2.75) is 13.0 Å². The second kappa shape index (κ2) is 4.84.